The average molecular weight is 406 g/mol. The smallest absolute Gasteiger partial charge is 0.351 e. The summed E-state index contributed by atoms with van der Waals surface area (Å²) in [4.78, 5) is 49.6. The molecule has 0 unspecified atom stereocenters. The van der Waals surface area contributed by atoms with E-state index in [0.717, 1.165) is 12.8 Å². The van der Waals surface area contributed by atoms with E-state index in [4.69, 9.17) is 23.1 Å². The number of unbranched alkanes of at least 4 members (excludes halogenated alkanes) is 3. The van der Waals surface area contributed by atoms with Gasteiger partial charge in [0.2, 0.25) is 5.60 Å². The zero-order valence-electron chi connectivity index (χ0n) is 20.0. The average Bonchev–Trinajstić information content (AvgIpc) is 2.67. The van der Waals surface area contributed by atoms with E-state index < -0.39 is 49.2 Å². The van der Waals surface area contributed by atoms with Crippen LogP contribution in [0.25, 0.3) is 0 Å². The Labute approximate surface area is 171 Å². The summed E-state index contributed by atoms with van der Waals surface area (Å²) in [5.74, 6) is -4.79. The summed E-state index contributed by atoms with van der Waals surface area (Å²) in [5.41, 5.74) is -2.49. The molecule has 162 valence electrons. The predicted molar refractivity (Wildman–Crippen MR) is 101 cm³/mol. The van der Waals surface area contributed by atoms with E-state index in [2.05, 4.69) is 0 Å². The lowest BCUT2D eigenvalue weighted by Gasteiger charge is -2.29. The number of esters is 4. The Morgan fingerprint density at radius 3 is 1.57 bits per heavy atom. The van der Waals surface area contributed by atoms with Crippen molar-refractivity contribution in [2.45, 2.75) is 84.6 Å². The van der Waals surface area contributed by atoms with Crippen molar-refractivity contribution in [2.24, 2.45) is 0 Å². The van der Waals surface area contributed by atoms with Gasteiger partial charge in [-0.05, 0) is 19.3 Å². The summed E-state index contributed by atoms with van der Waals surface area (Å²) < 4.78 is 41.8. The highest BCUT2D eigenvalue weighted by Gasteiger charge is 2.48. The van der Waals surface area contributed by atoms with Gasteiger partial charge < -0.3 is 18.9 Å². The van der Waals surface area contributed by atoms with Crippen molar-refractivity contribution in [1.29, 1.82) is 0 Å². The molecule has 0 aromatic carbocycles. The van der Waals surface area contributed by atoms with E-state index >= 15 is 0 Å². The molecule has 0 aliphatic rings. The molecule has 0 radical (unpaired) electrons. The summed E-state index contributed by atoms with van der Waals surface area (Å²) in [5, 5.41) is 0. The van der Waals surface area contributed by atoms with Gasteiger partial charge in [0.15, 0.2) is 0 Å². The first-order chi connectivity index (χ1) is 14.5. The summed E-state index contributed by atoms with van der Waals surface area (Å²) in [7, 11) is 0. The molecule has 0 fully saturated rings. The molecule has 0 N–H and O–H groups in total. The maximum atomic E-state index is 12.8. The van der Waals surface area contributed by atoms with Crippen LogP contribution in [0.1, 0.15) is 83.1 Å². The lowest BCUT2D eigenvalue weighted by molar-refractivity contribution is -0.190. The quantitative estimate of drug-likeness (QED) is 0.232. The first kappa shape index (κ1) is 20.6. The molecule has 8 nitrogen and oxygen atoms in total. The number of carbonyl (C=O) groups excluding carboxylic acids is 4. The van der Waals surface area contributed by atoms with Gasteiger partial charge >= 0.3 is 23.9 Å². The van der Waals surface area contributed by atoms with E-state index in [1.54, 1.807) is 0 Å². The van der Waals surface area contributed by atoms with Crippen LogP contribution in [0.5, 0.6) is 0 Å². The molecule has 0 aromatic heterocycles. The highest BCUT2D eigenvalue weighted by atomic mass is 16.6. The van der Waals surface area contributed by atoms with Crippen molar-refractivity contribution < 1.29 is 42.2 Å². The second kappa shape index (κ2) is 14.9. The van der Waals surface area contributed by atoms with Crippen LogP contribution in [0, 0.1) is 0 Å². The standard InChI is InChI=1S/C20H34O8/c1-5-8-11-25-17(22)14-20(28-16(4)21,19(24)27-13-10-7-3)15-18(23)26-12-9-6-2/h5-15H2,1-4H3/i4D3. The molecule has 8 heteroatoms. The fraction of sp³-hybridized carbons (Fsp3) is 0.800. The molecule has 0 rings (SSSR count). The van der Waals surface area contributed by atoms with Gasteiger partial charge in [0.1, 0.15) is 0 Å². The first-order valence-corrected chi connectivity index (χ1v) is 9.74. The topological polar surface area (TPSA) is 105 Å². The molecular weight excluding hydrogens is 368 g/mol. The van der Waals surface area contributed by atoms with Gasteiger partial charge in [0.05, 0.1) is 32.7 Å². The molecule has 0 bridgehead atoms. The number of carbonyl (C=O) groups is 4. The normalized spacial score (nSPS) is 12.9. The molecule has 0 aliphatic carbocycles. The Bertz CT molecular complexity index is 565. The van der Waals surface area contributed by atoms with Crippen LogP contribution < -0.4 is 0 Å². The molecule has 0 saturated carbocycles. The second-order valence-electron chi connectivity index (χ2n) is 6.37. The van der Waals surface area contributed by atoms with Crippen LogP contribution in [0.4, 0.5) is 0 Å². The zero-order chi connectivity index (χ0) is 23.9. The number of hydrogen-bond acceptors (Lipinski definition) is 8. The van der Waals surface area contributed by atoms with Crippen LogP contribution in [0.2, 0.25) is 0 Å². The van der Waals surface area contributed by atoms with Crippen molar-refractivity contribution in [2.75, 3.05) is 19.8 Å². The largest absolute Gasteiger partial charge is 0.466 e. The van der Waals surface area contributed by atoms with Crippen LogP contribution in [0.3, 0.4) is 0 Å². The monoisotopic (exact) mass is 405 g/mol. The Morgan fingerprint density at radius 1 is 0.750 bits per heavy atom. The van der Waals surface area contributed by atoms with Crippen LogP contribution in [-0.4, -0.2) is 49.3 Å². The summed E-state index contributed by atoms with van der Waals surface area (Å²) in [6.07, 6.45) is 2.05. The van der Waals surface area contributed by atoms with Crippen molar-refractivity contribution in [3.8, 4) is 0 Å². The van der Waals surface area contributed by atoms with Crippen molar-refractivity contribution in [3.63, 3.8) is 0 Å². The zero-order valence-corrected chi connectivity index (χ0v) is 17.0. The third kappa shape index (κ3) is 10.9. The lowest BCUT2D eigenvalue weighted by Crippen LogP contribution is -2.48. The van der Waals surface area contributed by atoms with Gasteiger partial charge in [0, 0.05) is 11.0 Å². The molecule has 0 atom stereocenters. The summed E-state index contributed by atoms with van der Waals surface area (Å²) in [6.45, 7) is 2.47. The molecule has 0 aromatic rings. The van der Waals surface area contributed by atoms with Gasteiger partial charge in [-0.3, -0.25) is 14.4 Å². The van der Waals surface area contributed by atoms with Crippen molar-refractivity contribution in [3.05, 3.63) is 0 Å². The Kier molecular flexibility index (Phi) is 11.0. The Balaban J connectivity index is 5.81. The highest BCUT2D eigenvalue weighted by Crippen LogP contribution is 2.26. The van der Waals surface area contributed by atoms with E-state index in [-0.39, 0.29) is 19.8 Å². The third-order valence-corrected chi connectivity index (χ3v) is 3.77. The molecular formula is C20H34O8. The highest BCUT2D eigenvalue weighted by molar-refractivity contribution is 5.92. The summed E-state index contributed by atoms with van der Waals surface area (Å²) >= 11 is 0. The minimum absolute atomic E-state index is 0.0574. The van der Waals surface area contributed by atoms with Gasteiger partial charge in [-0.1, -0.05) is 40.0 Å². The fourth-order valence-corrected chi connectivity index (χ4v) is 2.17. The molecule has 0 heterocycles. The van der Waals surface area contributed by atoms with Gasteiger partial charge in [-0.2, -0.15) is 0 Å². The number of rotatable bonds is 15. The first-order valence-electron chi connectivity index (χ1n) is 11.2. The second-order valence-corrected chi connectivity index (χ2v) is 6.37. The molecule has 0 amide bonds. The predicted octanol–water partition coefficient (Wildman–Crippen LogP) is 3.10. The minimum Gasteiger partial charge on any atom is -0.466 e. The van der Waals surface area contributed by atoms with Crippen molar-refractivity contribution >= 4 is 23.9 Å². The Morgan fingerprint density at radius 2 is 1.18 bits per heavy atom. The number of hydrogen-bond donors (Lipinski definition) is 0. The van der Waals surface area contributed by atoms with Crippen molar-refractivity contribution in [1.82, 2.24) is 0 Å². The number of ether oxygens (including phenoxy) is 4. The van der Waals surface area contributed by atoms with E-state index in [1.807, 2.05) is 20.8 Å². The third-order valence-electron chi connectivity index (χ3n) is 3.77. The van der Waals surface area contributed by atoms with Crippen LogP contribution in [0.15, 0.2) is 0 Å². The Hall–Kier alpha value is -2.12. The molecule has 0 aliphatic heterocycles. The minimum atomic E-state index is -3.22. The van der Waals surface area contributed by atoms with E-state index in [9.17, 15) is 19.2 Å². The fourth-order valence-electron chi connectivity index (χ4n) is 2.17. The van der Waals surface area contributed by atoms with E-state index in [1.165, 1.54) is 0 Å². The maximum absolute atomic E-state index is 12.8. The van der Waals surface area contributed by atoms with Crippen LogP contribution in [-0.2, 0) is 38.1 Å². The van der Waals surface area contributed by atoms with Gasteiger partial charge in [-0.15, -0.1) is 0 Å². The molecule has 0 saturated heterocycles. The maximum Gasteiger partial charge on any atom is 0.351 e. The SMILES string of the molecule is [2H]C([2H])([2H])C(=O)OC(CC(=O)OCCCC)(CC(=O)OCCCC)C(=O)OCCCC. The van der Waals surface area contributed by atoms with Crippen LogP contribution >= 0.6 is 0 Å². The van der Waals surface area contributed by atoms with Gasteiger partial charge in [0.25, 0.3) is 0 Å². The van der Waals surface area contributed by atoms with Gasteiger partial charge in [-0.25, -0.2) is 4.79 Å². The molecule has 28 heavy (non-hydrogen) atoms. The molecule has 0 spiro atoms. The van der Waals surface area contributed by atoms with E-state index in [0.29, 0.717) is 25.7 Å². The lowest BCUT2D eigenvalue weighted by atomic mass is 9.95. The summed E-state index contributed by atoms with van der Waals surface area (Å²) in [6, 6.07) is 0.